The Morgan fingerprint density at radius 2 is 2.12 bits per heavy atom. The lowest BCUT2D eigenvalue weighted by atomic mass is 10.1. The van der Waals surface area contributed by atoms with Crippen molar-refractivity contribution >= 4 is 23.6 Å². The highest BCUT2D eigenvalue weighted by Crippen LogP contribution is 2.16. The lowest BCUT2D eigenvalue weighted by Crippen LogP contribution is -2.44. The Morgan fingerprint density at radius 1 is 1.35 bits per heavy atom. The van der Waals surface area contributed by atoms with Gasteiger partial charge in [0.2, 0.25) is 11.7 Å². The summed E-state index contributed by atoms with van der Waals surface area (Å²) in [5.74, 6) is -0.904. The van der Waals surface area contributed by atoms with Crippen LogP contribution in [0.25, 0.3) is 5.78 Å². The highest BCUT2D eigenvalue weighted by Gasteiger charge is 2.35. The van der Waals surface area contributed by atoms with Crippen LogP contribution < -0.4 is 5.32 Å². The Bertz CT molecular complexity index is 798. The SMILES string of the molecule is CC(=O)O.O=C1N[C@@H]2COC[C@H]1CN(C(=O)c1cn3cccnc3n1)C2. The van der Waals surface area contributed by atoms with E-state index in [1.807, 2.05) is 0 Å². The van der Waals surface area contributed by atoms with Gasteiger partial charge in [-0.15, -0.1) is 0 Å². The van der Waals surface area contributed by atoms with Gasteiger partial charge in [-0.05, 0) is 6.07 Å². The normalized spacial score (nSPS) is 22.0. The molecule has 2 aliphatic heterocycles. The van der Waals surface area contributed by atoms with E-state index in [1.54, 1.807) is 34.0 Å². The number of fused-ring (bicyclic) bond motifs is 4. The second kappa shape index (κ2) is 7.48. The Hall–Kier alpha value is -3.01. The highest BCUT2D eigenvalue weighted by atomic mass is 16.5. The molecule has 0 aromatic carbocycles. The molecular weight excluding hydrogens is 342 g/mol. The molecule has 2 aromatic heterocycles. The predicted molar refractivity (Wildman–Crippen MR) is 88.4 cm³/mol. The first-order valence-corrected chi connectivity index (χ1v) is 8.10. The minimum absolute atomic E-state index is 0.0468. The van der Waals surface area contributed by atoms with Gasteiger partial charge in [-0.2, -0.15) is 0 Å². The summed E-state index contributed by atoms with van der Waals surface area (Å²) in [6, 6.07) is 1.61. The van der Waals surface area contributed by atoms with Gasteiger partial charge in [-0.1, -0.05) is 0 Å². The second-order valence-electron chi connectivity index (χ2n) is 6.12. The predicted octanol–water partition coefficient (Wildman–Crippen LogP) is -0.593. The molecule has 2 aliphatic rings. The quantitative estimate of drug-likeness (QED) is 0.695. The van der Waals surface area contributed by atoms with E-state index < -0.39 is 5.97 Å². The summed E-state index contributed by atoms with van der Waals surface area (Å²) in [6.45, 7) is 2.64. The first kappa shape index (κ1) is 17.8. The van der Waals surface area contributed by atoms with Crippen molar-refractivity contribution in [2.75, 3.05) is 26.3 Å². The average molecular weight is 361 g/mol. The van der Waals surface area contributed by atoms with Crippen LogP contribution in [0, 0.1) is 5.92 Å². The molecule has 2 saturated heterocycles. The maximum absolute atomic E-state index is 12.7. The zero-order valence-corrected chi connectivity index (χ0v) is 14.2. The minimum Gasteiger partial charge on any atom is -0.481 e. The summed E-state index contributed by atoms with van der Waals surface area (Å²) >= 11 is 0. The van der Waals surface area contributed by atoms with Crippen LogP contribution in [-0.2, 0) is 14.3 Å². The number of aromatic nitrogens is 3. The first-order valence-electron chi connectivity index (χ1n) is 8.10. The standard InChI is InChI=1S/C14H15N5O3.C2H4O2/c20-12-9-4-19(5-10(16-12)8-22-7-9)13(21)11-6-18-3-1-2-15-14(18)17-11;1-2(3)4/h1-3,6,9-10H,4-5,7-8H2,(H,16,20);1H3,(H,3,4)/t9-,10+;/m1./s1. The van der Waals surface area contributed by atoms with Crippen LogP contribution in [-0.4, -0.2) is 74.5 Å². The van der Waals surface area contributed by atoms with Gasteiger partial charge in [-0.25, -0.2) is 9.97 Å². The monoisotopic (exact) mass is 361 g/mol. The van der Waals surface area contributed by atoms with Crippen molar-refractivity contribution < 1.29 is 24.2 Å². The van der Waals surface area contributed by atoms with E-state index in [0.717, 1.165) is 6.92 Å². The van der Waals surface area contributed by atoms with E-state index in [2.05, 4.69) is 15.3 Å². The Kier molecular flexibility index (Phi) is 5.12. The number of aliphatic carboxylic acids is 1. The third-order valence-corrected chi connectivity index (χ3v) is 3.98. The second-order valence-corrected chi connectivity index (χ2v) is 6.12. The van der Waals surface area contributed by atoms with Gasteiger partial charge in [0.25, 0.3) is 11.9 Å². The van der Waals surface area contributed by atoms with E-state index in [1.165, 1.54) is 0 Å². The smallest absolute Gasteiger partial charge is 0.300 e. The largest absolute Gasteiger partial charge is 0.481 e. The van der Waals surface area contributed by atoms with E-state index in [0.29, 0.717) is 37.8 Å². The molecule has 138 valence electrons. The number of imidazole rings is 1. The van der Waals surface area contributed by atoms with E-state index >= 15 is 0 Å². The first-order chi connectivity index (χ1) is 12.4. The number of ether oxygens (including phenoxy) is 1. The van der Waals surface area contributed by atoms with Crippen molar-refractivity contribution in [2.24, 2.45) is 5.92 Å². The minimum atomic E-state index is -0.833. The van der Waals surface area contributed by atoms with Gasteiger partial charge in [0.05, 0.1) is 25.2 Å². The zero-order chi connectivity index (χ0) is 18.7. The number of amides is 2. The van der Waals surface area contributed by atoms with Gasteiger partial charge in [0, 0.05) is 38.6 Å². The van der Waals surface area contributed by atoms with E-state index in [9.17, 15) is 9.59 Å². The van der Waals surface area contributed by atoms with Crippen LogP contribution in [0.2, 0.25) is 0 Å². The Balaban J connectivity index is 0.000000447. The number of hydrogen-bond acceptors (Lipinski definition) is 6. The molecule has 10 nitrogen and oxygen atoms in total. The molecule has 0 aliphatic carbocycles. The van der Waals surface area contributed by atoms with Crippen molar-refractivity contribution in [1.82, 2.24) is 24.6 Å². The summed E-state index contributed by atoms with van der Waals surface area (Å²) < 4.78 is 7.17. The average Bonchev–Trinajstić information content (AvgIpc) is 2.84. The zero-order valence-electron chi connectivity index (χ0n) is 14.2. The third-order valence-electron chi connectivity index (χ3n) is 3.98. The summed E-state index contributed by atoms with van der Waals surface area (Å²) in [6.07, 6.45) is 5.09. The molecule has 2 aromatic rings. The number of carbonyl (C=O) groups is 3. The summed E-state index contributed by atoms with van der Waals surface area (Å²) in [7, 11) is 0. The Morgan fingerprint density at radius 3 is 2.85 bits per heavy atom. The maximum atomic E-state index is 12.7. The van der Waals surface area contributed by atoms with Crippen LogP contribution in [0.5, 0.6) is 0 Å². The molecule has 0 saturated carbocycles. The van der Waals surface area contributed by atoms with Crippen LogP contribution in [0.1, 0.15) is 17.4 Å². The van der Waals surface area contributed by atoms with Crippen LogP contribution in [0.4, 0.5) is 0 Å². The highest BCUT2D eigenvalue weighted by molar-refractivity contribution is 5.93. The molecule has 0 unspecified atom stereocenters. The molecule has 0 spiro atoms. The van der Waals surface area contributed by atoms with Crippen molar-refractivity contribution in [1.29, 1.82) is 0 Å². The van der Waals surface area contributed by atoms with E-state index in [4.69, 9.17) is 14.6 Å². The van der Waals surface area contributed by atoms with Crippen LogP contribution in [0.15, 0.2) is 24.7 Å². The van der Waals surface area contributed by atoms with Gasteiger partial charge >= 0.3 is 0 Å². The summed E-state index contributed by atoms with van der Waals surface area (Å²) in [4.78, 5) is 43.7. The third kappa shape index (κ3) is 3.97. The fourth-order valence-corrected chi connectivity index (χ4v) is 2.89. The van der Waals surface area contributed by atoms with Crippen molar-refractivity contribution in [3.05, 3.63) is 30.4 Å². The van der Waals surface area contributed by atoms with Gasteiger partial charge in [0.15, 0.2) is 0 Å². The fraction of sp³-hybridized carbons (Fsp3) is 0.438. The molecule has 2 bridgehead atoms. The molecule has 4 rings (SSSR count). The van der Waals surface area contributed by atoms with E-state index in [-0.39, 0.29) is 23.8 Å². The molecular formula is C16H19N5O5. The molecule has 4 heterocycles. The Labute approximate surface area is 148 Å². The van der Waals surface area contributed by atoms with Gasteiger partial charge < -0.3 is 20.1 Å². The number of carboxylic acid groups (broad SMARTS) is 1. The van der Waals surface area contributed by atoms with Crippen LogP contribution in [0.3, 0.4) is 0 Å². The molecule has 26 heavy (non-hydrogen) atoms. The molecule has 2 N–H and O–H groups in total. The number of carbonyl (C=O) groups excluding carboxylic acids is 2. The maximum Gasteiger partial charge on any atom is 0.300 e. The lowest BCUT2D eigenvalue weighted by molar-refractivity contribution is -0.134. The van der Waals surface area contributed by atoms with Crippen molar-refractivity contribution in [2.45, 2.75) is 13.0 Å². The summed E-state index contributed by atoms with van der Waals surface area (Å²) in [5, 5.41) is 10.3. The number of hydrogen-bond donors (Lipinski definition) is 2. The van der Waals surface area contributed by atoms with Gasteiger partial charge in [-0.3, -0.25) is 18.8 Å². The number of carboxylic acids is 1. The lowest BCUT2D eigenvalue weighted by Gasteiger charge is -2.26. The molecule has 2 fully saturated rings. The number of rotatable bonds is 1. The van der Waals surface area contributed by atoms with Crippen molar-refractivity contribution in [3.8, 4) is 0 Å². The number of nitrogens with one attached hydrogen (secondary N) is 1. The molecule has 0 radical (unpaired) electrons. The molecule has 2 atom stereocenters. The van der Waals surface area contributed by atoms with Crippen LogP contribution >= 0.6 is 0 Å². The summed E-state index contributed by atoms with van der Waals surface area (Å²) in [5.41, 5.74) is 0.340. The topological polar surface area (TPSA) is 126 Å². The van der Waals surface area contributed by atoms with Crippen molar-refractivity contribution in [3.63, 3.8) is 0 Å². The number of nitrogens with zero attached hydrogens (tertiary/aromatic N) is 4. The molecule has 2 amide bonds. The molecule has 10 heteroatoms. The fourth-order valence-electron chi connectivity index (χ4n) is 2.89. The van der Waals surface area contributed by atoms with Gasteiger partial charge in [0.1, 0.15) is 5.69 Å².